The number of piperazine rings is 4. The summed E-state index contributed by atoms with van der Waals surface area (Å²) in [5.41, 5.74) is 15.5. The van der Waals surface area contributed by atoms with E-state index in [1.807, 2.05) is 120 Å². The number of carbonyl (C=O) groups is 3. The Labute approximate surface area is 786 Å². The third-order valence-electron chi connectivity index (χ3n) is 28.9. The number of para-hydroxylation sites is 3. The van der Waals surface area contributed by atoms with E-state index in [-0.39, 0.29) is 89.2 Å². The number of hydrogen-bond acceptors (Lipinski definition) is 23. The summed E-state index contributed by atoms with van der Waals surface area (Å²) in [7, 11) is 8.10. The third kappa shape index (κ3) is 16.5. The number of alkyl halides is 1. The molecule has 9 aliphatic rings. The van der Waals surface area contributed by atoms with Crippen molar-refractivity contribution in [3.8, 4) is 33.4 Å². The van der Waals surface area contributed by atoms with Crippen LogP contribution in [0.5, 0.6) is 0 Å². The summed E-state index contributed by atoms with van der Waals surface area (Å²) in [5.74, 6) is 4.15. The van der Waals surface area contributed by atoms with Gasteiger partial charge in [0.2, 0.25) is 17.7 Å². The molecule has 33 heteroatoms. The number of fused-ring (bicyclic) bond motifs is 3. The molecule has 0 N–H and O–H groups in total. The van der Waals surface area contributed by atoms with Gasteiger partial charge in [-0.15, -0.1) is 35.3 Å². The van der Waals surface area contributed by atoms with E-state index in [0.717, 1.165) is 194 Å². The zero-order chi connectivity index (χ0) is 93.1. The van der Waals surface area contributed by atoms with E-state index in [2.05, 4.69) is 198 Å². The monoisotopic (exact) mass is 1850 g/mol. The van der Waals surface area contributed by atoms with Crippen molar-refractivity contribution in [1.82, 2.24) is 92.3 Å². The Kier molecular flexibility index (Phi) is 25.3. The largest absolute Gasteiger partial charge is 0.379 e. The number of aromatic nitrogens is 12. The van der Waals surface area contributed by atoms with Gasteiger partial charge in [0.1, 0.15) is 23.6 Å². The number of rotatable bonds is 15. The Bertz CT molecular complexity index is 6610. The minimum Gasteiger partial charge on any atom is -0.379 e. The van der Waals surface area contributed by atoms with Crippen molar-refractivity contribution in [2.45, 2.75) is 144 Å². The van der Waals surface area contributed by atoms with Crippen molar-refractivity contribution in [2.75, 3.05) is 163 Å². The topological polar surface area (TPSA) is 251 Å². The van der Waals surface area contributed by atoms with Gasteiger partial charge < -0.3 is 39.0 Å². The summed E-state index contributed by atoms with van der Waals surface area (Å²) < 4.78 is 31.4. The van der Waals surface area contributed by atoms with Gasteiger partial charge in [0, 0.05) is 266 Å². The predicted octanol–water partition coefficient (Wildman–Crippen LogP) is 12.2. The van der Waals surface area contributed by atoms with Crippen LogP contribution in [0.2, 0.25) is 0 Å². The number of aryl methyl sites for hydroxylation is 6. The molecule has 6 saturated heterocycles. The van der Waals surface area contributed by atoms with Crippen molar-refractivity contribution in [3.05, 3.63) is 177 Å². The second kappa shape index (κ2) is 37.0. The highest BCUT2D eigenvalue weighted by atomic mass is 32.2. The van der Waals surface area contributed by atoms with Crippen LogP contribution in [0.4, 0.5) is 21.8 Å². The summed E-state index contributed by atoms with van der Waals surface area (Å²) >= 11 is 5.49. The molecule has 6 aromatic carbocycles. The van der Waals surface area contributed by atoms with Crippen LogP contribution in [-0.2, 0) is 40.3 Å². The van der Waals surface area contributed by atoms with Crippen LogP contribution in [0.3, 0.4) is 0 Å². The fourth-order valence-corrected chi connectivity index (χ4v) is 26.3. The van der Waals surface area contributed by atoms with E-state index in [1.165, 1.54) is 18.2 Å². The zero-order valence-corrected chi connectivity index (χ0v) is 80.8. The SMILES string of the molecule is C=CC(=O)N1C[C@H](C)N(c2nc(=O)n3c4c(c(-c5cccc6cnn(C)c56)c(C)cc24)SCC3CN2CCC(F)C2)C[C@H]1C.C=CC(=O)N1C[C@H](C)N(c2nc(=O)n3c4c(c(-c5cccc6cnn(C)c56)c(C)cc24)SCC3CN2CCN(C)CC2)C[C@H]1C.C=CC(=O)N1C[C@H](C)N(c2nc(=O)n3c4c(c(-c5cccc6cnn(C)c56)c(C)cc24)SCC3CN2CCOCC2)C[C@H]1C. The number of ether oxygens (including phenoxy) is 1. The van der Waals surface area contributed by atoms with Crippen LogP contribution < -0.4 is 31.8 Å². The highest BCUT2D eigenvalue weighted by Gasteiger charge is 2.43. The number of likely N-dealkylation sites (N-methyl/N-ethyl adjacent to an activating group) is 1. The van der Waals surface area contributed by atoms with E-state index in [0.29, 0.717) is 102 Å². The molecule has 9 aliphatic heterocycles. The van der Waals surface area contributed by atoms with Crippen LogP contribution in [0.25, 0.3) is 98.8 Å². The molecule has 21 rings (SSSR count). The molecular weight excluding hydrogens is 1740 g/mol. The molecule has 696 valence electrons. The maximum Gasteiger partial charge on any atom is 0.350 e. The molecular formula is C100H119FN22O7S3. The molecule has 0 spiro atoms. The lowest BCUT2D eigenvalue weighted by atomic mass is 9.95. The minimum atomic E-state index is -0.820. The standard InChI is InChI=1S/C34H42N8O2S.C33H38FN7O2S.C33H39N7O3S/c1-7-28(43)40-17-23(4)41(18-22(40)3)33-27-15-21(2)29(26-10-8-9-24-16-35-38(6)30(24)26)32-31(27)42(34(44)36-33)25(20-45-32)19-39-13-11-37(5)12-14-39;1-6-27(42)39-14-21(4)40(15-20(39)3)32-26-12-19(2)28(25-9-7-8-22-13-35-37(5)29(22)25)31-30(26)41(33(43)36-32)24(18-44-31)17-38-11-10-23(34)16-38;1-6-27(41)38-16-22(4)39(17-21(38)3)32-26-14-20(2)28(25-9-7-8-23-15-34-36(5)29(23)25)31-30(26)40(33(42)35-32)24(19-44-31)18-37-10-12-43-13-11-37/h7-10,15-16,22-23,25H,1,11-14,17-20H2,2-6H3;6-9,12-13,20-21,23-24H,1,10-11,14-18H2,2-5H3;6-9,14-15,21-22,24H,1,10-13,16-19H2,2-5H3/t22-,23+,25?;20-,21+,23?,24?;21-,22+,24?/m111/s1. The molecule has 0 radical (unpaired) electrons. The van der Waals surface area contributed by atoms with Crippen molar-refractivity contribution < 1.29 is 23.5 Å². The summed E-state index contributed by atoms with van der Waals surface area (Å²) in [5, 5.41) is 19.8. The minimum absolute atomic E-state index is 0.0105. The van der Waals surface area contributed by atoms with Gasteiger partial charge in [-0.1, -0.05) is 74.3 Å². The van der Waals surface area contributed by atoms with Crippen LogP contribution >= 0.6 is 35.3 Å². The lowest BCUT2D eigenvalue weighted by molar-refractivity contribution is -0.129. The number of hydrogen-bond donors (Lipinski definition) is 0. The van der Waals surface area contributed by atoms with Crippen LogP contribution in [0.15, 0.2) is 158 Å². The van der Waals surface area contributed by atoms with Gasteiger partial charge in [-0.3, -0.25) is 56.8 Å². The molecule has 10 atom stereocenters. The molecule has 29 nitrogen and oxygen atoms in total. The molecule has 133 heavy (non-hydrogen) atoms. The normalized spacial score (nSPS) is 23.1. The van der Waals surface area contributed by atoms with Crippen LogP contribution in [-0.4, -0.2) is 301 Å². The number of benzene rings is 6. The second-order valence-corrected chi connectivity index (χ2v) is 41.0. The Hall–Kier alpha value is -11.0. The van der Waals surface area contributed by atoms with Gasteiger partial charge >= 0.3 is 17.1 Å². The second-order valence-electron chi connectivity index (χ2n) is 37.9. The number of likely N-dealkylation sites (tertiary alicyclic amines) is 1. The lowest BCUT2D eigenvalue weighted by Crippen LogP contribution is -2.58. The molecule has 0 aliphatic carbocycles. The predicted molar refractivity (Wildman–Crippen MR) is 532 cm³/mol. The van der Waals surface area contributed by atoms with Gasteiger partial charge in [0.05, 0.1) is 83.0 Å². The maximum absolute atomic E-state index is 14.3. The molecule has 4 unspecified atom stereocenters. The van der Waals surface area contributed by atoms with Crippen molar-refractivity contribution >= 4 is 136 Å². The number of thioether (sulfide) groups is 3. The average molecular weight is 1860 g/mol. The molecule has 12 aromatic rings. The third-order valence-corrected chi connectivity index (χ3v) is 32.7. The van der Waals surface area contributed by atoms with Gasteiger partial charge in [-0.2, -0.15) is 30.2 Å². The van der Waals surface area contributed by atoms with Gasteiger partial charge in [-0.25, -0.2) is 18.8 Å². The maximum atomic E-state index is 14.3. The van der Waals surface area contributed by atoms with Gasteiger partial charge in [0.25, 0.3) is 0 Å². The van der Waals surface area contributed by atoms with E-state index in [1.54, 1.807) is 11.8 Å². The highest BCUT2D eigenvalue weighted by molar-refractivity contribution is 8.00. The quantitative estimate of drug-likeness (QED) is 0.0865. The molecule has 6 fully saturated rings. The molecule has 6 aromatic heterocycles. The first-order valence-electron chi connectivity index (χ1n) is 46.7. The molecule has 15 heterocycles. The fourth-order valence-electron chi connectivity index (χ4n) is 22.2. The van der Waals surface area contributed by atoms with E-state index >= 15 is 0 Å². The van der Waals surface area contributed by atoms with Crippen molar-refractivity contribution in [2.24, 2.45) is 21.1 Å². The summed E-state index contributed by atoms with van der Waals surface area (Å²) in [4.78, 5) is 120. The number of halogens is 1. The van der Waals surface area contributed by atoms with Crippen molar-refractivity contribution in [1.29, 1.82) is 0 Å². The smallest absolute Gasteiger partial charge is 0.350 e. The Morgan fingerprint density at radius 3 is 1.06 bits per heavy atom. The number of amides is 3. The first-order chi connectivity index (χ1) is 64.1. The highest BCUT2D eigenvalue weighted by Crippen LogP contribution is 2.52. The summed E-state index contributed by atoms with van der Waals surface area (Å²) in [6.07, 6.45) is 9.55. The fraction of sp³-hybridized carbons (Fsp3) is 0.460. The number of anilines is 3. The molecule has 0 saturated carbocycles. The number of morpholine rings is 1. The zero-order valence-electron chi connectivity index (χ0n) is 78.3. The van der Waals surface area contributed by atoms with E-state index in [4.69, 9.17) is 19.7 Å². The first-order valence-corrected chi connectivity index (χ1v) is 49.6. The van der Waals surface area contributed by atoms with Crippen LogP contribution in [0.1, 0.15) is 82.8 Å². The average Bonchev–Trinajstić information content (AvgIpc) is 1.63. The Morgan fingerprint density at radius 1 is 0.421 bits per heavy atom. The Balaban J connectivity index is 0.000000129. The number of carbonyl (C=O) groups excluding carboxylic acids is 3. The van der Waals surface area contributed by atoms with Gasteiger partial charge in [0.15, 0.2) is 0 Å². The summed E-state index contributed by atoms with van der Waals surface area (Å²) in [6, 6.07) is 25.3. The number of nitrogens with zero attached hydrogens (tertiary/aromatic N) is 22. The lowest BCUT2D eigenvalue weighted by Gasteiger charge is -2.45. The van der Waals surface area contributed by atoms with E-state index < -0.39 is 6.17 Å². The van der Waals surface area contributed by atoms with Gasteiger partial charge in [-0.05, 0) is 129 Å². The van der Waals surface area contributed by atoms with E-state index in [9.17, 15) is 33.2 Å². The first kappa shape index (κ1) is 91.1. The Morgan fingerprint density at radius 2 is 0.744 bits per heavy atom. The summed E-state index contributed by atoms with van der Waals surface area (Å²) in [6.45, 7) is 43.8. The van der Waals surface area contributed by atoms with Crippen LogP contribution in [0, 0.1) is 20.8 Å². The molecule has 0 bridgehead atoms. The molecule has 3 amide bonds. The van der Waals surface area contributed by atoms with Crippen molar-refractivity contribution in [3.63, 3.8) is 0 Å².